The van der Waals surface area contributed by atoms with Crippen LogP contribution in [0.15, 0.2) is 24.5 Å². The Kier molecular flexibility index (Phi) is 1.90. The number of hydrogen-bond donors (Lipinski definition) is 0. The number of carbonyl (C=O) groups excluding carboxylic acids is 1. The van der Waals surface area contributed by atoms with E-state index in [0.717, 1.165) is 18.4 Å². The Morgan fingerprint density at radius 1 is 1.50 bits per heavy atom. The summed E-state index contributed by atoms with van der Waals surface area (Å²) in [7, 11) is 0. The van der Waals surface area contributed by atoms with Gasteiger partial charge in [-0.2, -0.15) is 0 Å². The second kappa shape index (κ2) is 3.05. The summed E-state index contributed by atoms with van der Waals surface area (Å²) in [4.78, 5) is 15.5. The van der Waals surface area contributed by atoms with Crippen LogP contribution in [-0.2, 0) is 0 Å². The predicted octanol–water partition coefficient (Wildman–Crippen LogP) is 2.06. The third-order valence-corrected chi connectivity index (χ3v) is 2.42. The van der Waals surface area contributed by atoms with E-state index in [-0.39, 0.29) is 11.7 Å². The Balaban J connectivity index is 2.14. The van der Waals surface area contributed by atoms with Crippen molar-refractivity contribution in [2.45, 2.75) is 19.3 Å². The molecular formula is C10H11NO. The van der Waals surface area contributed by atoms with Gasteiger partial charge in [0.1, 0.15) is 0 Å². The molecule has 2 rings (SSSR count). The van der Waals surface area contributed by atoms with Crippen molar-refractivity contribution in [3.05, 3.63) is 30.1 Å². The first-order chi connectivity index (χ1) is 5.88. The van der Waals surface area contributed by atoms with Gasteiger partial charge in [-0.25, -0.2) is 0 Å². The lowest BCUT2D eigenvalue weighted by atomic mass is 9.80. The third-order valence-electron chi connectivity index (χ3n) is 2.42. The molecule has 0 atom stereocenters. The minimum Gasteiger partial charge on any atom is -0.294 e. The highest BCUT2D eigenvalue weighted by atomic mass is 16.1. The molecule has 12 heavy (non-hydrogen) atoms. The van der Waals surface area contributed by atoms with E-state index in [1.54, 1.807) is 12.4 Å². The first kappa shape index (κ1) is 7.47. The minimum atomic E-state index is 0.273. The van der Waals surface area contributed by atoms with Crippen molar-refractivity contribution < 1.29 is 4.79 Å². The number of carbonyl (C=O) groups is 1. The number of pyridine rings is 1. The molecule has 0 bridgehead atoms. The molecule has 0 saturated heterocycles. The summed E-state index contributed by atoms with van der Waals surface area (Å²) in [5, 5.41) is 0. The molecule has 1 aliphatic carbocycles. The summed E-state index contributed by atoms with van der Waals surface area (Å²) in [6.07, 6.45) is 6.68. The van der Waals surface area contributed by atoms with Crippen LogP contribution in [-0.4, -0.2) is 10.8 Å². The molecule has 62 valence electrons. The van der Waals surface area contributed by atoms with Crippen LogP contribution in [0.4, 0.5) is 0 Å². The molecule has 1 aliphatic rings. The largest absolute Gasteiger partial charge is 0.294 e. The molecule has 0 unspecified atom stereocenters. The third kappa shape index (κ3) is 1.24. The van der Waals surface area contributed by atoms with Crippen LogP contribution in [0.2, 0.25) is 0 Å². The van der Waals surface area contributed by atoms with Crippen molar-refractivity contribution in [1.29, 1.82) is 0 Å². The molecule has 1 heterocycles. The molecular weight excluding hydrogens is 150 g/mol. The van der Waals surface area contributed by atoms with E-state index in [1.165, 1.54) is 6.42 Å². The summed E-state index contributed by atoms with van der Waals surface area (Å²) in [6.45, 7) is 0. The first-order valence-corrected chi connectivity index (χ1v) is 4.32. The van der Waals surface area contributed by atoms with Gasteiger partial charge in [-0.1, -0.05) is 6.42 Å². The molecule has 1 saturated carbocycles. The lowest BCUT2D eigenvalue weighted by Gasteiger charge is -2.23. The zero-order valence-electron chi connectivity index (χ0n) is 6.86. The average molecular weight is 161 g/mol. The monoisotopic (exact) mass is 161 g/mol. The quantitative estimate of drug-likeness (QED) is 0.621. The Hall–Kier alpha value is -1.18. The van der Waals surface area contributed by atoms with Crippen LogP contribution in [0.25, 0.3) is 0 Å². The van der Waals surface area contributed by atoms with E-state index in [1.807, 2.05) is 12.1 Å². The van der Waals surface area contributed by atoms with Crippen molar-refractivity contribution in [2.75, 3.05) is 0 Å². The number of hydrogen-bond acceptors (Lipinski definition) is 2. The zero-order chi connectivity index (χ0) is 8.39. The fourth-order valence-corrected chi connectivity index (χ4v) is 1.41. The first-order valence-electron chi connectivity index (χ1n) is 4.32. The summed E-state index contributed by atoms with van der Waals surface area (Å²) in [5.41, 5.74) is 0.766. The summed E-state index contributed by atoms with van der Waals surface area (Å²) >= 11 is 0. The fourth-order valence-electron chi connectivity index (χ4n) is 1.41. The molecule has 0 aromatic carbocycles. The molecule has 1 aromatic rings. The van der Waals surface area contributed by atoms with Crippen LogP contribution < -0.4 is 0 Å². The van der Waals surface area contributed by atoms with Gasteiger partial charge in [0, 0.05) is 23.9 Å². The number of ketones is 1. The van der Waals surface area contributed by atoms with Crippen molar-refractivity contribution in [2.24, 2.45) is 5.92 Å². The maximum Gasteiger partial charge on any atom is 0.167 e. The van der Waals surface area contributed by atoms with Crippen LogP contribution >= 0.6 is 0 Å². The van der Waals surface area contributed by atoms with Gasteiger partial charge in [0.05, 0.1) is 0 Å². The predicted molar refractivity (Wildman–Crippen MR) is 45.9 cm³/mol. The van der Waals surface area contributed by atoms with E-state index < -0.39 is 0 Å². The number of rotatable bonds is 2. The molecule has 0 spiro atoms. The minimum absolute atomic E-state index is 0.273. The second-order valence-corrected chi connectivity index (χ2v) is 3.23. The van der Waals surface area contributed by atoms with Gasteiger partial charge in [-0.05, 0) is 25.0 Å². The molecule has 2 heteroatoms. The summed E-state index contributed by atoms with van der Waals surface area (Å²) in [5.74, 6) is 0.559. The highest BCUT2D eigenvalue weighted by Crippen LogP contribution is 2.29. The lowest BCUT2D eigenvalue weighted by Crippen LogP contribution is -2.21. The van der Waals surface area contributed by atoms with E-state index in [0.29, 0.717) is 0 Å². The van der Waals surface area contributed by atoms with Crippen molar-refractivity contribution >= 4 is 5.78 Å². The molecule has 0 aliphatic heterocycles. The Bertz CT molecular complexity index is 277. The number of aromatic nitrogens is 1. The van der Waals surface area contributed by atoms with Gasteiger partial charge in [-0.3, -0.25) is 9.78 Å². The summed E-state index contributed by atoms with van der Waals surface area (Å²) in [6, 6.07) is 3.65. The maximum absolute atomic E-state index is 11.6. The SMILES string of the molecule is O=C(c1cccnc1)C1CCC1. The highest BCUT2D eigenvalue weighted by Gasteiger charge is 2.25. The Labute approximate surface area is 71.6 Å². The van der Waals surface area contributed by atoms with Gasteiger partial charge in [0.15, 0.2) is 5.78 Å². The highest BCUT2D eigenvalue weighted by molar-refractivity contribution is 5.97. The van der Waals surface area contributed by atoms with E-state index in [2.05, 4.69) is 4.98 Å². The van der Waals surface area contributed by atoms with Gasteiger partial charge in [-0.15, -0.1) is 0 Å². The van der Waals surface area contributed by atoms with Crippen LogP contribution in [0.5, 0.6) is 0 Å². The zero-order valence-corrected chi connectivity index (χ0v) is 6.86. The molecule has 2 nitrogen and oxygen atoms in total. The normalized spacial score (nSPS) is 17.0. The van der Waals surface area contributed by atoms with Gasteiger partial charge >= 0.3 is 0 Å². The fraction of sp³-hybridized carbons (Fsp3) is 0.400. The number of Topliss-reactive ketones (excluding diaryl/α,β-unsaturated/α-hetero) is 1. The Morgan fingerprint density at radius 2 is 2.33 bits per heavy atom. The standard InChI is InChI=1S/C10H11NO/c12-10(8-3-1-4-8)9-5-2-6-11-7-9/h2,5-8H,1,3-4H2. The van der Waals surface area contributed by atoms with Gasteiger partial charge in [0.2, 0.25) is 0 Å². The van der Waals surface area contributed by atoms with E-state index in [9.17, 15) is 4.79 Å². The second-order valence-electron chi connectivity index (χ2n) is 3.23. The number of nitrogens with zero attached hydrogens (tertiary/aromatic N) is 1. The molecule has 0 radical (unpaired) electrons. The summed E-state index contributed by atoms with van der Waals surface area (Å²) < 4.78 is 0. The lowest BCUT2D eigenvalue weighted by molar-refractivity contribution is 0.0855. The average Bonchev–Trinajstić information content (AvgIpc) is 2.03. The van der Waals surface area contributed by atoms with Gasteiger partial charge in [0.25, 0.3) is 0 Å². The molecule has 1 aromatic heterocycles. The topological polar surface area (TPSA) is 30.0 Å². The Morgan fingerprint density at radius 3 is 2.83 bits per heavy atom. The van der Waals surface area contributed by atoms with Crippen LogP contribution in [0.3, 0.4) is 0 Å². The maximum atomic E-state index is 11.6. The van der Waals surface area contributed by atoms with Gasteiger partial charge < -0.3 is 0 Å². The van der Waals surface area contributed by atoms with Crippen molar-refractivity contribution in [3.8, 4) is 0 Å². The van der Waals surface area contributed by atoms with Crippen LogP contribution in [0, 0.1) is 5.92 Å². The smallest absolute Gasteiger partial charge is 0.167 e. The molecule has 1 fully saturated rings. The van der Waals surface area contributed by atoms with Crippen molar-refractivity contribution in [3.63, 3.8) is 0 Å². The van der Waals surface area contributed by atoms with Crippen molar-refractivity contribution in [1.82, 2.24) is 4.98 Å². The van der Waals surface area contributed by atoms with Crippen LogP contribution in [0.1, 0.15) is 29.6 Å². The van der Waals surface area contributed by atoms with E-state index in [4.69, 9.17) is 0 Å². The van der Waals surface area contributed by atoms with E-state index >= 15 is 0 Å². The molecule has 0 N–H and O–H groups in total. The molecule has 0 amide bonds.